The van der Waals surface area contributed by atoms with Gasteiger partial charge in [-0.1, -0.05) is 68.3 Å². The molecule has 0 heterocycles. The monoisotopic (exact) mass is 506 g/mol. The first-order chi connectivity index (χ1) is 17.2. The average Bonchev–Trinajstić information content (AvgIpc) is 2.89. The van der Waals surface area contributed by atoms with E-state index >= 15 is 0 Å². The Labute approximate surface area is 212 Å². The molecule has 2 aromatic rings. The topological polar surface area (TPSA) is 0 Å². The van der Waals surface area contributed by atoms with E-state index in [-0.39, 0.29) is 5.92 Å². The van der Waals surface area contributed by atoms with Gasteiger partial charge < -0.3 is 0 Å². The van der Waals surface area contributed by atoms with Crippen molar-refractivity contribution in [2.24, 2.45) is 11.8 Å². The van der Waals surface area contributed by atoms with Crippen molar-refractivity contribution in [3.05, 3.63) is 70.8 Å². The van der Waals surface area contributed by atoms with Gasteiger partial charge in [0, 0.05) is 5.56 Å². The van der Waals surface area contributed by atoms with Crippen LogP contribution in [0.5, 0.6) is 0 Å². The molecule has 4 rings (SSSR count). The zero-order chi connectivity index (χ0) is 25.8. The molecule has 5 heteroatoms. The number of unbranched alkanes of at least 4 members (excludes halogenated alkanes) is 2. The van der Waals surface area contributed by atoms with Crippen molar-refractivity contribution in [1.29, 1.82) is 0 Å². The predicted molar refractivity (Wildman–Crippen MR) is 135 cm³/mol. The molecule has 198 valence electrons. The second kappa shape index (κ2) is 11.6. The van der Waals surface area contributed by atoms with Crippen LogP contribution < -0.4 is 0 Å². The van der Waals surface area contributed by atoms with Crippen LogP contribution in [-0.4, -0.2) is 6.18 Å². The van der Waals surface area contributed by atoms with Crippen LogP contribution in [0.25, 0.3) is 0 Å². The van der Waals surface area contributed by atoms with E-state index in [1.165, 1.54) is 74.6 Å². The van der Waals surface area contributed by atoms with E-state index in [0.29, 0.717) is 11.8 Å². The summed E-state index contributed by atoms with van der Waals surface area (Å²) in [5.41, 5.74) is 2.84. The molecule has 36 heavy (non-hydrogen) atoms. The number of benzene rings is 2. The van der Waals surface area contributed by atoms with Gasteiger partial charge in [0.15, 0.2) is 0 Å². The van der Waals surface area contributed by atoms with Crippen molar-refractivity contribution in [1.82, 2.24) is 0 Å². The van der Waals surface area contributed by atoms with E-state index < -0.39 is 17.7 Å². The van der Waals surface area contributed by atoms with Crippen LogP contribution in [0.2, 0.25) is 0 Å². The highest BCUT2D eigenvalue weighted by Gasteiger charge is 2.58. The van der Waals surface area contributed by atoms with Crippen molar-refractivity contribution in [3.63, 3.8) is 0 Å². The SMILES string of the molecule is CCCCCc1ccc(C2CCC(C3CCC(c4ccc(C(F)(F)C(F)(F)F)cc4)CC3)CC2)cc1. The van der Waals surface area contributed by atoms with Crippen LogP contribution in [0.15, 0.2) is 48.5 Å². The van der Waals surface area contributed by atoms with Gasteiger partial charge in [-0.05, 0) is 105 Å². The Morgan fingerprint density at radius 1 is 0.611 bits per heavy atom. The first-order valence-corrected chi connectivity index (χ1v) is 13.8. The molecule has 0 spiro atoms. The average molecular weight is 507 g/mol. The second-order valence-electron chi connectivity index (χ2n) is 11.1. The molecule has 2 aliphatic carbocycles. The summed E-state index contributed by atoms with van der Waals surface area (Å²) >= 11 is 0. The molecule has 0 aliphatic heterocycles. The molecule has 2 fully saturated rings. The normalized spacial score (nSPS) is 25.6. The molecule has 2 saturated carbocycles. The van der Waals surface area contributed by atoms with Crippen molar-refractivity contribution < 1.29 is 22.0 Å². The minimum Gasteiger partial charge on any atom is -0.191 e. The lowest BCUT2D eigenvalue weighted by Crippen LogP contribution is -2.33. The molecule has 0 amide bonds. The number of rotatable bonds is 8. The van der Waals surface area contributed by atoms with Crippen molar-refractivity contribution in [2.45, 2.75) is 108 Å². The molecule has 0 aromatic heterocycles. The summed E-state index contributed by atoms with van der Waals surface area (Å²) in [6.07, 6.45) is 8.64. The highest BCUT2D eigenvalue weighted by Crippen LogP contribution is 2.47. The number of hydrogen-bond acceptors (Lipinski definition) is 0. The van der Waals surface area contributed by atoms with Crippen LogP contribution >= 0.6 is 0 Å². The summed E-state index contributed by atoms with van der Waals surface area (Å²) in [5.74, 6) is -2.43. The molecule has 2 aliphatic rings. The molecule has 0 atom stereocenters. The van der Waals surface area contributed by atoms with Crippen LogP contribution in [0, 0.1) is 11.8 Å². The number of alkyl halides is 5. The Morgan fingerprint density at radius 2 is 1.06 bits per heavy atom. The minimum absolute atomic E-state index is 0.252. The molecule has 0 bridgehead atoms. The van der Waals surface area contributed by atoms with Gasteiger partial charge >= 0.3 is 12.1 Å². The highest BCUT2D eigenvalue weighted by molar-refractivity contribution is 5.29. The third-order valence-electron chi connectivity index (χ3n) is 8.83. The molecule has 0 N–H and O–H groups in total. The molecular weight excluding hydrogens is 467 g/mol. The number of hydrogen-bond donors (Lipinski definition) is 0. The Hall–Kier alpha value is -1.91. The van der Waals surface area contributed by atoms with E-state index in [2.05, 4.69) is 31.2 Å². The molecular formula is C31H39F5. The molecule has 0 radical (unpaired) electrons. The van der Waals surface area contributed by atoms with Crippen LogP contribution in [0.3, 0.4) is 0 Å². The smallest absolute Gasteiger partial charge is 0.191 e. The van der Waals surface area contributed by atoms with Crippen molar-refractivity contribution in [2.75, 3.05) is 0 Å². The summed E-state index contributed by atoms with van der Waals surface area (Å²) in [4.78, 5) is 0. The largest absolute Gasteiger partial charge is 0.458 e. The number of halogens is 5. The maximum absolute atomic E-state index is 13.6. The second-order valence-corrected chi connectivity index (χ2v) is 11.1. The van der Waals surface area contributed by atoms with Gasteiger partial charge in [0.1, 0.15) is 0 Å². The molecule has 2 aromatic carbocycles. The zero-order valence-corrected chi connectivity index (χ0v) is 21.3. The summed E-state index contributed by atoms with van der Waals surface area (Å²) < 4.78 is 65.1. The first-order valence-electron chi connectivity index (χ1n) is 13.8. The molecule has 0 unspecified atom stereocenters. The van der Waals surface area contributed by atoms with E-state index in [0.717, 1.165) is 49.3 Å². The summed E-state index contributed by atoms with van der Waals surface area (Å²) in [7, 11) is 0. The zero-order valence-electron chi connectivity index (χ0n) is 21.3. The summed E-state index contributed by atoms with van der Waals surface area (Å²) in [5, 5.41) is 0. The lowest BCUT2D eigenvalue weighted by Gasteiger charge is -2.38. The maximum atomic E-state index is 13.6. The lowest BCUT2D eigenvalue weighted by molar-refractivity contribution is -0.289. The van der Waals surface area contributed by atoms with E-state index in [9.17, 15) is 22.0 Å². The van der Waals surface area contributed by atoms with Gasteiger partial charge in [-0.15, -0.1) is 0 Å². The van der Waals surface area contributed by atoms with Crippen molar-refractivity contribution in [3.8, 4) is 0 Å². The van der Waals surface area contributed by atoms with Crippen LogP contribution in [0.1, 0.15) is 112 Å². The highest BCUT2D eigenvalue weighted by atomic mass is 19.4. The minimum atomic E-state index is -5.57. The van der Waals surface area contributed by atoms with E-state index in [4.69, 9.17) is 0 Å². The lowest BCUT2D eigenvalue weighted by atomic mass is 9.67. The quantitative estimate of drug-likeness (QED) is 0.247. The number of aryl methyl sites for hydroxylation is 1. The predicted octanol–water partition coefficient (Wildman–Crippen LogP) is 10.3. The Balaban J connectivity index is 1.24. The van der Waals surface area contributed by atoms with Gasteiger partial charge in [-0.25, -0.2) is 0 Å². The third kappa shape index (κ3) is 6.31. The van der Waals surface area contributed by atoms with Gasteiger partial charge in [-0.2, -0.15) is 22.0 Å². The fourth-order valence-corrected chi connectivity index (χ4v) is 6.51. The van der Waals surface area contributed by atoms with Crippen LogP contribution in [-0.2, 0) is 12.3 Å². The third-order valence-corrected chi connectivity index (χ3v) is 8.83. The first kappa shape index (κ1) is 27.1. The molecule has 0 nitrogen and oxygen atoms in total. The maximum Gasteiger partial charge on any atom is 0.458 e. The Kier molecular flexibility index (Phi) is 8.78. The fourth-order valence-electron chi connectivity index (χ4n) is 6.51. The van der Waals surface area contributed by atoms with E-state index in [1.807, 2.05) is 0 Å². The van der Waals surface area contributed by atoms with Gasteiger partial charge in [-0.3, -0.25) is 0 Å². The van der Waals surface area contributed by atoms with Crippen molar-refractivity contribution >= 4 is 0 Å². The standard InChI is InChI=1S/C31H39F5/c1-2-3-4-5-22-6-8-23(9-7-22)24-10-12-25(13-11-24)26-14-16-27(17-15-26)28-18-20-29(21-19-28)30(32,33)31(34,35)36/h6-9,18-21,24-27H,2-5,10-17H2,1H3. The Bertz CT molecular complexity index is 928. The van der Waals surface area contributed by atoms with Crippen LogP contribution in [0.4, 0.5) is 22.0 Å². The van der Waals surface area contributed by atoms with Gasteiger partial charge in [0.2, 0.25) is 0 Å². The van der Waals surface area contributed by atoms with Gasteiger partial charge in [0.25, 0.3) is 0 Å². The van der Waals surface area contributed by atoms with Gasteiger partial charge in [0.05, 0.1) is 0 Å². The Morgan fingerprint density at radius 3 is 1.47 bits per heavy atom. The fraction of sp³-hybridized carbons (Fsp3) is 0.613. The molecule has 0 saturated heterocycles. The van der Waals surface area contributed by atoms with E-state index in [1.54, 1.807) is 0 Å². The summed E-state index contributed by atoms with van der Waals surface area (Å²) in [6.45, 7) is 2.24. The summed E-state index contributed by atoms with van der Waals surface area (Å²) in [6, 6.07) is 14.2.